The maximum atomic E-state index is 4.70. The van der Waals surface area contributed by atoms with Gasteiger partial charge in [0.1, 0.15) is 0 Å². The van der Waals surface area contributed by atoms with Crippen molar-refractivity contribution in [1.82, 2.24) is 0 Å². The van der Waals surface area contributed by atoms with E-state index in [-0.39, 0.29) is 0 Å². The summed E-state index contributed by atoms with van der Waals surface area (Å²) in [5, 5.41) is 0. The van der Waals surface area contributed by atoms with Gasteiger partial charge in [0.2, 0.25) is 0 Å². The Kier molecular flexibility index (Phi) is 4.30. The lowest BCUT2D eigenvalue weighted by atomic mass is 10.1. The molecular formula is C17H19N. The first kappa shape index (κ1) is 12.6. The van der Waals surface area contributed by atoms with E-state index in [1.54, 1.807) is 0 Å². The molecule has 92 valence electrons. The van der Waals surface area contributed by atoms with Gasteiger partial charge >= 0.3 is 0 Å². The van der Waals surface area contributed by atoms with E-state index in [9.17, 15) is 0 Å². The van der Waals surface area contributed by atoms with Gasteiger partial charge in [-0.2, -0.15) is 0 Å². The average molecular weight is 237 g/mol. The second-order valence-corrected chi connectivity index (χ2v) is 4.30. The Bertz CT molecular complexity index is 520. The fourth-order valence-corrected chi connectivity index (χ4v) is 1.98. The molecule has 0 aliphatic rings. The third-order valence-electron chi connectivity index (χ3n) is 3.06. The third kappa shape index (κ3) is 3.07. The minimum absolute atomic E-state index is 1.02. The van der Waals surface area contributed by atoms with Gasteiger partial charge in [-0.3, -0.25) is 4.99 Å². The molecule has 0 N–H and O–H groups in total. The monoisotopic (exact) mass is 237 g/mol. The highest BCUT2D eigenvalue weighted by atomic mass is 14.7. The largest absolute Gasteiger partial charge is 0.258 e. The molecule has 0 bridgehead atoms. The van der Waals surface area contributed by atoms with E-state index in [2.05, 4.69) is 62.4 Å². The molecule has 0 amide bonds. The van der Waals surface area contributed by atoms with Crippen LogP contribution in [0.3, 0.4) is 0 Å². The molecule has 0 fully saturated rings. The van der Waals surface area contributed by atoms with E-state index in [1.807, 2.05) is 6.07 Å². The lowest BCUT2D eigenvalue weighted by Crippen LogP contribution is -1.91. The zero-order valence-corrected chi connectivity index (χ0v) is 11.1. The minimum atomic E-state index is 1.02. The maximum Gasteiger partial charge on any atom is 0.0635 e. The molecule has 0 unspecified atom stereocenters. The summed E-state index contributed by atoms with van der Waals surface area (Å²) < 4.78 is 0. The van der Waals surface area contributed by atoms with Crippen molar-refractivity contribution in [3.8, 4) is 11.1 Å². The standard InChI is InChI=1S/C17H19N/c1-3-16(4-2)18-17-12-8-11-15(13-17)14-9-6-5-7-10-14/h5-13H,3-4H2,1-2H3. The second kappa shape index (κ2) is 6.15. The average Bonchev–Trinajstić information content (AvgIpc) is 2.46. The highest BCUT2D eigenvalue weighted by molar-refractivity contribution is 5.86. The summed E-state index contributed by atoms with van der Waals surface area (Å²) >= 11 is 0. The number of aliphatic imine (C=N–C) groups is 1. The number of hydrogen-bond donors (Lipinski definition) is 0. The first-order chi connectivity index (χ1) is 8.83. The van der Waals surface area contributed by atoms with Crippen LogP contribution in [0.4, 0.5) is 5.69 Å². The molecule has 0 spiro atoms. The Morgan fingerprint density at radius 1 is 0.833 bits per heavy atom. The highest BCUT2D eigenvalue weighted by Crippen LogP contribution is 2.24. The molecule has 1 nitrogen and oxygen atoms in total. The van der Waals surface area contributed by atoms with E-state index >= 15 is 0 Å². The van der Waals surface area contributed by atoms with Gasteiger partial charge in [0, 0.05) is 5.71 Å². The fourth-order valence-electron chi connectivity index (χ4n) is 1.98. The molecule has 0 saturated heterocycles. The topological polar surface area (TPSA) is 12.4 Å². The summed E-state index contributed by atoms with van der Waals surface area (Å²) in [6.45, 7) is 4.31. The summed E-state index contributed by atoms with van der Waals surface area (Å²) in [5.41, 5.74) is 4.77. The molecule has 2 aromatic rings. The van der Waals surface area contributed by atoms with Crippen molar-refractivity contribution in [2.45, 2.75) is 26.7 Å². The molecule has 2 aromatic carbocycles. The number of hydrogen-bond acceptors (Lipinski definition) is 1. The molecule has 0 radical (unpaired) electrons. The lowest BCUT2D eigenvalue weighted by Gasteiger charge is -2.04. The van der Waals surface area contributed by atoms with Gasteiger partial charge < -0.3 is 0 Å². The van der Waals surface area contributed by atoms with Crippen LogP contribution in [-0.2, 0) is 0 Å². The zero-order chi connectivity index (χ0) is 12.8. The highest BCUT2D eigenvalue weighted by Gasteiger charge is 1.99. The van der Waals surface area contributed by atoms with E-state index in [0.29, 0.717) is 0 Å². The van der Waals surface area contributed by atoms with Crippen LogP contribution in [0.1, 0.15) is 26.7 Å². The third-order valence-corrected chi connectivity index (χ3v) is 3.06. The van der Waals surface area contributed by atoms with Crippen LogP contribution in [0.15, 0.2) is 59.6 Å². The van der Waals surface area contributed by atoms with Gasteiger partial charge in [-0.25, -0.2) is 0 Å². The smallest absolute Gasteiger partial charge is 0.0635 e. The van der Waals surface area contributed by atoms with Crippen LogP contribution in [0, 0.1) is 0 Å². The molecule has 1 heteroatoms. The van der Waals surface area contributed by atoms with E-state index in [0.717, 1.165) is 18.5 Å². The van der Waals surface area contributed by atoms with Crippen molar-refractivity contribution < 1.29 is 0 Å². The second-order valence-electron chi connectivity index (χ2n) is 4.30. The fraction of sp³-hybridized carbons (Fsp3) is 0.235. The van der Waals surface area contributed by atoms with Gasteiger partial charge in [-0.05, 0) is 36.1 Å². The van der Waals surface area contributed by atoms with Gasteiger partial charge in [0.25, 0.3) is 0 Å². The van der Waals surface area contributed by atoms with E-state index in [4.69, 9.17) is 4.99 Å². The van der Waals surface area contributed by atoms with Crippen molar-refractivity contribution in [2.24, 2.45) is 4.99 Å². The predicted octanol–water partition coefficient (Wildman–Crippen LogP) is 5.25. The first-order valence-electron chi connectivity index (χ1n) is 6.55. The molecule has 0 atom stereocenters. The Morgan fingerprint density at radius 2 is 1.50 bits per heavy atom. The molecule has 18 heavy (non-hydrogen) atoms. The zero-order valence-electron chi connectivity index (χ0n) is 11.1. The van der Waals surface area contributed by atoms with Crippen LogP contribution in [-0.4, -0.2) is 5.71 Å². The van der Waals surface area contributed by atoms with Gasteiger partial charge in [0.05, 0.1) is 5.69 Å². The summed E-state index contributed by atoms with van der Waals surface area (Å²) in [6, 6.07) is 18.8. The number of nitrogens with zero attached hydrogens (tertiary/aromatic N) is 1. The summed E-state index contributed by atoms with van der Waals surface area (Å²) in [5.74, 6) is 0. The Balaban J connectivity index is 2.34. The van der Waals surface area contributed by atoms with Crippen molar-refractivity contribution in [3.63, 3.8) is 0 Å². The lowest BCUT2D eigenvalue weighted by molar-refractivity contribution is 1.15. The molecule has 0 aromatic heterocycles. The maximum absolute atomic E-state index is 4.70. The normalized spacial score (nSPS) is 10.1. The van der Waals surface area contributed by atoms with Crippen LogP contribution in [0.25, 0.3) is 11.1 Å². The first-order valence-corrected chi connectivity index (χ1v) is 6.55. The molecule has 0 aliphatic carbocycles. The van der Waals surface area contributed by atoms with Crippen molar-refractivity contribution in [3.05, 3.63) is 54.6 Å². The quantitative estimate of drug-likeness (QED) is 0.644. The Hall–Kier alpha value is -1.89. The number of rotatable bonds is 4. The SMILES string of the molecule is CCC(CC)=Nc1cccc(-c2ccccc2)c1. The minimum Gasteiger partial charge on any atom is -0.258 e. The van der Waals surface area contributed by atoms with E-state index < -0.39 is 0 Å². The van der Waals surface area contributed by atoms with Crippen LogP contribution in [0.5, 0.6) is 0 Å². The summed E-state index contributed by atoms with van der Waals surface area (Å²) in [4.78, 5) is 4.70. The van der Waals surface area contributed by atoms with Gasteiger partial charge in [-0.1, -0.05) is 56.3 Å². The molecule has 0 saturated carbocycles. The summed E-state index contributed by atoms with van der Waals surface area (Å²) in [7, 11) is 0. The van der Waals surface area contributed by atoms with Crippen molar-refractivity contribution in [2.75, 3.05) is 0 Å². The van der Waals surface area contributed by atoms with Gasteiger partial charge in [0.15, 0.2) is 0 Å². The molecule has 0 heterocycles. The van der Waals surface area contributed by atoms with E-state index in [1.165, 1.54) is 16.8 Å². The van der Waals surface area contributed by atoms with Crippen LogP contribution in [0.2, 0.25) is 0 Å². The van der Waals surface area contributed by atoms with Crippen LogP contribution >= 0.6 is 0 Å². The predicted molar refractivity (Wildman–Crippen MR) is 79.6 cm³/mol. The molecule has 0 aliphatic heterocycles. The summed E-state index contributed by atoms with van der Waals surface area (Å²) in [6.07, 6.45) is 2.04. The molecular weight excluding hydrogens is 218 g/mol. The van der Waals surface area contributed by atoms with Crippen molar-refractivity contribution >= 4 is 11.4 Å². The number of benzene rings is 2. The molecule has 2 rings (SSSR count). The Morgan fingerprint density at radius 3 is 2.17 bits per heavy atom. The van der Waals surface area contributed by atoms with Crippen LogP contribution < -0.4 is 0 Å². The van der Waals surface area contributed by atoms with Crippen molar-refractivity contribution in [1.29, 1.82) is 0 Å². The Labute approximate surface area is 109 Å². The van der Waals surface area contributed by atoms with Gasteiger partial charge in [-0.15, -0.1) is 0 Å².